The van der Waals surface area contributed by atoms with Gasteiger partial charge in [0.1, 0.15) is 0 Å². The third kappa shape index (κ3) is 0.891. The highest BCUT2D eigenvalue weighted by atomic mass is 16.3. The molecule has 2 rings (SSSR count). The maximum Gasteiger partial charge on any atom is 0.0627 e. The van der Waals surface area contributed by atoms with Gasteiger partial charge >= 0.3 is 0 Å². The van der Waals surface area contributed by atoms with Crippen LogP contribution in [0.15, 0.2) is 0 Å². The zero-order valence-corrected chi connectivity index (χ0v) is 8.21. The number of aliphatic hydroxyl groups is 1. The van der Waals surface area contributed by atoms with Crippen molar-refractivity contribution in [3.05, 3.63) is 0 Å². The van der Waals surface area contributed by atoms with Crippen LogP contribution in [0.3, 0.4) is 0 Å². The normalized spacial score (nSPS) is 52.8. The van der Waals surface area contributed by atoms with Crippen LogP contribution in [-0.2, 0) is 0 Å². The van der Waals surface area contributed by atoms with Gasteiger partial charge in [-0.2, -0.15) is 0 Å². The van der Waals surface area contributed by atoms with E-state index in [1.807, 2.05) is 0 Å². The second kappa shape index (κ2) is 2.73. The molecule has 70 valence electrons. The van der Waals surface area contributed by atoms with E-state index in [1.54, 1.807) is 0 Å². The molecule has 0 aliphatic heterocycles. The number of aliphatic hydroxyl groups excluding tert-OH is 1. The summed E-state index contributed by atoms with van der Waals surface area (Å²) >= 11 is 0. The van der Waals surface area contributed by atoms with E-state index in [0.29, 0.717) is 5.92 Å². The molecule has 0 aromatic rings. The summed E-state index contributed by atoms with van der Waals surface area (Å²) < 4.78 is 0. The number of hydrogen-bond acceptors (Lipinski definition) is 1. The summed E-state index contributed by atoms with van der Waals surface area (Å²) in [5.74, 6) is 1.50. The topological polar surface area (TPSA) is 20.2 Å². The Kier molecular flexibility index (Phi) is 1.95. The minimum atomic E-state index is 0.00722. The van der Waals surface area contributed by atoms with Crippen molar-refractivity contribution in [2.45, 2.75) is 52.1 Å². The smallest absolute Gasteiger partial charge is 0.0627 e. The van der Waals surface area contributed by atoms with E-state index in [-0.39, 0.29) is 11.5 Å². The molecular weight excluding hydrogens is 148 g/mol. The van der Waals surface area contributed by atoms with E-state index in [2.05, 4.69) is 13.8 Å². The van der Waals surface area contributed by atoms with Gasteiger partial charge in [-0.25, -0.2) is 0 Å². The van der Waals surface area contributed by atoms with E-state index >= 15 is 0 Å². The minimum absolute atomic E-state index is 0.00722. The van der Waals surface area contributed by atoms with Gasteiger partial charge in [-0.3, -0.25) is 0 Å². The first kappa shape index (κ1) is 8.55. The molecule has 1 N–H and O–H groups in total. The van der Waals surface area contributed by atoms with E-state index in [4.69, 9.17) is 0 Å². The number of hydrogen-bond donors (Lipinski definition) is 1. The first-order valence-electron chi connectivity index (χ1n) is 5.38. The second-order valence-electron chi connectivity index (χ2n) is 4.86. The molecule has 2 fully saturated rings. The summed E-state index contributed by atoms with van der Waals surface area (Å²) in [6.45, 7) is 4.48. The van der Waals surface area contributed by atoms with Crippen molar-refractivity contribution in [3.63, 3.8) is 0 Å². The van der Waals surface area contributed by atoms with Gasteiger partial charge in [0.15, 0.2) is 0 Å². The van der Waals surface area contributed by atoms with Crippen LogP contribution >= 0.6 is 0 Å². The Morgan fingerprint density at radius 3 is 2.67 bits per heavy atom. The highest BCUT2D eigenvalue weighted by molar-refractivity contribution is 5.06. The highest BCUT2D eigenvalue weighted by Gasteiger charge is 2.57. The van der Waals surface area contributed by atoms with Crippen molar-refractivity contribution < 1.29 is 5.11 Å². The van der Waals surface area contributed by atoms with Gasteiger partial charge in [-0.15, -0.1) is 0 Å². The maximum absolute atomic E-state index is 9.96. The molecule has 1 nitrogen and oxygen atoms in total. The van der Waals surface area contributed by atoms with Crippen LogP contribution in [0.5, 0.6) is 0 Å². The van der Waals surface area contributed by atoms with Gasteiger partial charge in [-0.05, 0) is 36.5 Å². The third-order valence-electron chi connectivity index (χ3n) is 4.51. The van der Waals surface area contributed by atoms with Crippen LogP contribution in [0.1, 0.15) is 46.0 Å². The predicted molar refractivity (Wildman–Crippen MR) is 49.9 cm³/mol. The molecule has 0 spiro atoms. The lowest BCUT2D eigenvalue weighted by Gasteiger charge is -2.60. The Balaban J connectivity index is 2.10. The molecule has 0 heterocycles. The molecule has 1 heteroatoms. The molecular formula is C11H20O. The molecule has 2 aliphatic rings. The van der Waals surface area contributed by atoms with Gasteiger partial charge in [-0.1, -0.05) is 26.7 Å². The summed E-state index contributed by atoms with van der Waals surface area (Å²) in [6.07, 6.45) is 6.54. The predicted octanol–water partition coefficient (Wildman–Crippen LogP) is 2.58. The summed E-state index contributed by atoms with van der Waals surface area (Å²) in [5, 5.41) is 9.96. The van der Waals surface area contributed by atoms with E-state index in [9.17, 15) is 5.11 Å². The lowest BCUT2D eigenvalue weighted by atomic mass is 9.47. The summed E-state index contributed by atoms with van der Waals surface area (Å²) in [6, 6.07) is 0. The molecule has 0 saturated heterocycles. The zero-order chi connectivity index (χ0) is 8.77. The molecule has 12 heavy (non-hydrogen) atoms. The summed E-state index contributed by atoms with van der Waals surface area (Å²) in [7, 11) is 0. The Hall–Kier alpha value is -0.0400. The second-order valence-corrected chi connectivity index (χ2v) is 4.86. The van der Waals surface area contributed by atoms with Gasteiger partial charge < -0.3 is 5.11 Å². The maximum atomic E-state index is 9.96. The monoisotopic (exact) mass is 168 g/mol. The first-order valence-corrected chi connectivity index (χ1v) is 5.38. The highest BCUT2D eigenvalue weighted by Crippen LogP contribution is 2.58. The van der Waals surface area contributed by atoms with Crippen LogP contribution < -0.4 is 0 Å². The molecule has 0 aromatic carbocycles. The molecule has 0 radical (unpaired) electrons. The average Bonchev–Trinajstić information content (AvgIpc) is 2.16. The molecule has 0 bridgehead atoms. The quantitative estimate of drug-likeness (QED) is 0.638. The largest absolute Gasteiger partial charge is 0.392 e. The fourth-order valence-corrected chi connectivity index (χ4v) is 3.42. The van der Waals surface area contributed by atoms with E-state index in [1.165, 1.54) is 25.7 Å². The summed E-state index contributed by atoms with van der Waals surface area (Å²) in [4.78, 5) is 0. The minimum Gasteiger partial charge on any atom is -0.392 e. The van der Waals surface area contributed by atoms with E-state index in [0.717, 1.165) is 12.3 Å². The van der Waals surface area contributed by atoms with Crippen molar-refractivity contribution in [1.29, 1.82) is 0 Å². The van der Waals surface area contributed by atoms with Gasteiger partial charge in [0.2, 0.25) is 0 Å². The fraction of sp³-hybridized carbons (Fsp3) is 1.00. The Labute approximate surface area is 75.2 Å². The first-order chi connectivity index (χ1) is 5.70. The number of fused-ring (bicyclic) bond motifs is 1. The summed E-state index contributed by atoms with van der Waals surface area (Å²) in [5.41, 5.74) is 0.269. The van der Waals surface area contributed by atoms with Crippen molar-refractivity contribution in [3.8, 4) is 0 Å². The fourth-order valence-electron chi connectivity index (χ4n) is 3.42. The van der Waals surface area contributed by atoms with Crippen LogP contribution in [-0.4, -0.2) is 11.2 Å². The van der Waals surface area contributed by atoms with E-state index < -0.39 is 0 Å². The molecule has 0 amide bonds. The van der Waals surface area contributed by atoms with Crippen LogP contribution in [0.2, 0.25) is 0 Å². The van der Waals surface area contributed by atoms with Crippen molar-refractivity contribution >= 4 is 0 Å². The van der Waals surface area contributed by atoms with Crippen LogP contribution in [0, 0.1) is 17.3 Å². The Bertz CT molecular complexity index is 178. The van der Waals surface area contributed by atoms with Crippen molar-refractivity contribution in [2.75, 3.05) is 0 Å². The molecule has 0 aromatic heterocycles. The van der Waals surface area contributed by atoms with Crippen molar-refractivity contribution in [2.24, 2.45) is 17.3 Å². The van der Waals surface area contributed by atoms with Crippen LogP contribution in [0.25, 0.3) is 0 Å². The molecule has 4 unspecified atom stereocenters. The Morgan fingerprint density at radius 1 is 1.33 bits per heavy atom. The average molecular weight is 168 g/mol. The lowest BCUT2D eigenvalue weighted by Crippen LogP contribution is -2.59. The van der Waals surface area contributed by atoms with Gasteiger partial charge in [0.25, 0.3) is 0 Å². The number of rotatable bonds is 1. The van der Waals surface area contributed by atoms with Gasteiger partial charge in [0, 0.05) is 0 Å². The third-order valence-corrected chi connectivity index (χ3v) is 4.51. The zero-order valence-electron chi connectivity index (χ0n) is 8.21. The lowest BCUT2D eigenvalue weighted by molar-refractivity contribution is -0.187. The van der Waals surface area contributed by atoms with Crippen LogP contribution in [0.4, 0.5) is 0 Å². The Morgan fingerprint density at radius 2 is 2.00 bits per heavy atom. The molecule has 2 aliphatic carbocycles. The molecule has 4 atom stereocenters. The SMILES string of the molecule is CCC1(C)C(O)C2CCCCC21. The standard InChI is InChI=1S/C11H20O/c1-3-11(2)9-7-5-4-6-8(9)10(11)12/h8-10,12H,3-7H2,1-2H3. The van der Waals surface area contributed by atoms with Crippen molar-refractivity contribution in [1.82, 2.24) is 0 Å². The molecule has 2 saturated carbocycles. The van der Waals surface area contributed by atoms with Gasteiger partial charge in [0.05, 0.1) is 6.10 Å².